The summed E-state index contributed by atoms with van der Waals surface area (Å²) >= 11 is 0. The molecule has 0 saturated carbocycles. The number of aryl methyl sites for hydroxylation is 1. The molecule has 0 aliphatic heterocycles. The quantitative estimate of drug-likeness (QED) is 0.518. The zero-order valence-electron chi connectivity index (χ0n) is 13.6. The lowest BCUT2D eigenvalue weighted by Gasteiger charge is -2.19. The molecule has 0 saturated heterocycles. The topological polar surface area (TPSA) is 59.2 Å². The van der Waals surface area contributed by atoms with Crippen LogP contribution >= 0.6 is 0 Å². The third-order valence-corrected chi connectivity index (χ3v) is 4.10. The first-order chi connectivity index (χ1) is 12.3. The van der Waals surface area contributed by atoms with E-state index in [1.807, 2.05) is 60.7 Å². The number of para-hydroxylation sites is 1. The van der Waals surface area contributed by atoms with Crippen molar-refractivity contribution in [1.29, 1.82) is 0 Å². The summed E-state index contributed by atoms with van der Waals surface area (Å²) in [6.07, 6.45) is 2.49. The summed E-state index contributed by atoms with van der Waals surface area (Å²) in [4.78, 5) is 18.0. The minimum Gasteiger partial charge on any atom is -0.359 e. The Bertz CT molecular complexity index is 1040. The average Bonchev–Trinajstić information content (AvgIpc) is 3.05. The van der Waals surface area contributed by atoms with Crippen LogP contribution in [0, 0.1) is 6.92 Å². The van der Waals surface area contributed by atoms with Crippen LogP contribution in [0.4, 0.5) is 11.4 Å². The van der Waals surface area contributed by atoms with Crippen LogP contribution in [0.15, 0.2) is 71.4 Å². The van der Waals surface area contributed by atoms with Crippen LogP contribution in [0.5, 0.6) is 0 Å². The molecule has 0 unspecified atom stereocenters. The smallest absolute Gasteiger partial charge is 0.218 e. The van der Waals surface area contributed by atoms with E-state index >= 15 is 0 Å². The van der Waals surface area contributed by atoms with Crippen molar-refractivity contribution in [2.24, 2.45) is 0 Å². The minimum absolute atomic E-state index is 0.568. The van der Waals surface area contributed by atoms with Gasteiger partial charge in [0.15, 0.2) is 5.76 Å². The molecule has 5 nitrogen and oxygen atoms in total. The van der Waals surface area contributed by atoms with Crippen LogP contribution in [-0.4, -0.2) is 16.6 Å². The number of amides is 1. The second-order valence-corrected chi connectivity index (χ2v) is 5.63. The number of pyridine rings is 1. The lowest BCUT2D eigenvalue weighted by Crippen LogP contribution is -2.16. The normalized spacial score (nSPS) is 10.8. The van der Waals surface area contributed by atoms with Crippen LogP contribution in [0.2, 0.25) is 0 Å². The van der Waals surface area contributed by atoms with Gasteiger partial charge in [0.05, 0.1) is 11.2 Å². The molecular weight excluding hydrogens is 314 g/mol. The Morgan fingerprint density at radius 3 is 2.60 bits per heavy atom. The van der Waals surface area contributed by atoms with Gasteiger partial charge in [-0.1, -0.05) is 53.7 Å². The molecule has 4 rings (SSSR count). The fourth-order valence-electron chi connectivity index (χ4n) is 2.95. The van der Waals surface area contributed by atoms with Gasteiger partial charge in [0.2, 0.25) is 6.41 Å². The van der Waals surface area contributed by atoms with Crippen molar-refractivity contribution < 1.29 is 9.32 Å². The molecule has 0 N–H and O–H groups in total. The van der Waals surface area contributed by atoms with Gasteiger partial charge in [-0.05, 0) is 19.1 Å². The first-order valence-electron chi connectivity index (χ1n) is 7.89. The molecule has 5 heteroatoms. The maximum absolute atomic E-state index is 12.0. The van der Waals surface area contributed by atoms with E-state index in [9.17, 15) is 4.79 Å². The Morgan fingerprint density at radius 2 is 1.80 bits per heavy atom. The van der Waals surface area contributed by atoms with Gasteiger partial charge in [0.1, 0.15) is 11.4 Å². The summed E-state index contributed by atoms with van der Waals surface area (Å²) in [5.41, 5.74) is 3.57. The van der Waals surface area contributed by atoms with E-state index in [-0.39, 0.29) is 0 Å². The third kappa shape index (κ3) is 2.55. The van der Waals surface area contributed by atoms with E-state index in [4.69, 9.17) is 4.52 Å². The number of aromatic nitrogens is 2. The Kier molecular flexibility index (Phi) is 3.74. The summed E-state index contributed by atoms with van der Waals surface area (Å²) in [5, 5.41) is 5.12. The Morgan fingerprint density at radius 1 is 1.00 bits per heavy atom. The fraction of sp³-hybridized carbons (Fsp3) is 0.0500. The summed E-state index contributed by atoms with van der Waals surface area (Å²) in [7, 11) is 0. The van der Waals surface area contributed by atoms with E-state index in [1.165, 1.54) is 0 Å². The van der Waals surface area contributed by atoms with Gasteiger partial charge in [-0.15, -0.1) is 0 Å². The number of anilines is 2. The van der Waals surface area contributed by atoms with Crippen LogP contribution in [0.3, 0.4) is 0 Å². The first kappa shape index (κ1) is 15.1. The molecule has 0 fully saturated rings. The molecule has 4 aromatic rings. The molecule has 25 heavy (non-hydrogen) atoms. The molecule has 0 aliphatic rings. The zero-order valence-corrected chi connectivity index (χ0v) is 13.6. The van der Waals surface area contributed by atoms with Crippen molar-refractivity contribution in [3.8, 4) is 11.3 Å². The molecule has 122 valence electrons. The minimum atomic E-state index is 0.568. The number of hydrogen-bond donors (Lipinski definition) is 0. The monoisotopic (exact) mass is 329 g/mol. The van der Waals surface area contributed by atoms with Crippen molar-refractivity contribution in [2.45, 2.75) is 6.92 Å². The lowest BCUT2D eigenvalue weighted by molar-refractivity contribution is -0.106. The van der Waals surface area contributed by atoms with Gasteiger partial charge in [-0.25, -0.2) is 0 Å². The van der Waals surface area contributed by atoms with E-state index in [1.54, 1.807) is 18.0 Å². The van der Waals surface area contributed by atoms with E-state index in [0.29, 0.717) is 22.8 Å². The molecule has 0 radical (unpaired) electrons. The number of fused-ring (bicyclic) bond motifs is 1. The first-order valence-corrected chi connectivity index (χ1v) is 7.89. The number of rotatable bonds is 4. The average molecular weight is 329 g/mol. The van der Waals surface area contributed by atoms with Gasteiger partial charge in [-0.3, -0.25) is 14.7 Å². The van der Waals surface area contributed by atoms with E-state index in [2.05, 4.69) is 10.1 Å². The largest absolute Gasteiger partial charge is 0.359 e. The third-order valence-electron chi connectivity index (χ3n) is 4.10. The SMILES string of the molecule is Cc1onc(-c2ccccc2)c1N(C=O)c1cccc2cccnc12. The zero-order chi connectivity index (χ0) is 17.2. The predicted octanol–water partition coefficient (Wildman–Crippen LogP) is 4.49. The second-order valence-electron chi connectivity index (χ2n) is 5.63. The van der Waals surface area contributed by atoms with E-state index < -0.39 is 0 Å². The van der Waals surface area contributed by atoms with Crippen molar-refractivity contribution >= 4 is 28.7 Å². The molecule has 0 bridgehead atoms. The van der Waals surface area contributed by atoms with Crippen molar-refractivity contribution in [3.63, 3.8) is 0 Å². The van der Waals surface area contributed by atoms with Gasteiger partial charge in [0, 0.05) is 17.1 Å². The summed E-state index contributed by atoms with van der Waals surface area (Å²) in [5.74, 6) is 0.568. The standard InChI is InChI=1S/C20H15N3O2/c1-14-20(19(22-25-14)16-7-3-2-4-8-16)23(13-24)17-11-5-9-15-10-6-12-21-18(15)17/h2-13H,1H3. The fourth-order valence-corrected chi connectivity index (χ4v) is 2.95. The molecule has 2 heterocycles. The maximum Gasteiger partial charge on any atom is 0.218 e. The number of nitrogens with zero attached hydrogens (tertiary/aromatic N) is 3. The highest BCUT2D eigenvalue weighted by atomic mass is 16.5. The van der Waals surface area contributed by atoms with Gasteiger partial charge in [0.25, 0.3) is 0 Å². The van der Waals surface area contributed by atoms with Gasteiger partial charge in [-0.2, -0.15) is 0 Å². The summed E-state index contributed by atoms with van der Waals surface area (Å²) < 4.78 is 5.40. The Hall–Kier alpha value is -3.47. The Balaban J connectivity index is 1.94. The van der Waals surface area contributed by atoms with Crippen molar-refractivity contribution in [1.82, 2.24) is 10.1 Å². The molecule has 1 amide bonds. The van der Waals surface area contributed by atoms with Crippen LogP contribution in [-0.2, 0) is 4.79 Å². The Labute approximate surface area is 144 Å². The summed E-state index contributed by atoms with van der Waals surface area (Å²) in [6, 6.07) is 19.2. The number of carbonyl (C=O) groups excluding carboxylic acids is 1. The molecular formula is C20H15N3O2. The lowest BCUT2D eigenvalue weighted by atomic mass is 10.1. The molecule has 2 aromatic carbocycles. The van der Waals surface area contributed by atoms with E-state index in [0.717, 1.165) is 22.9 Å². The molecule has 0 spiro atoms. The van der Waals surface area contributed by atoms with Gasteiger partial charge < -0.3 is 4.52 Å². The number of benzene rings is 2. The molecule has 2 aromatic heterocycles. The molecule has 0 atom stereocenters. The highest BCUT2D eigenvalue weighted by Gasteiger charge is 2.23. The van der Waals surface area contributed by atoms with Crippen LogP contribution in [0.25, 0.3) is 22.2 Å². The second kappa shape index (κ2) is 6.20. The number of hydrogen-bond acceptors (Lipinski definition) is 4. The maximum atomic E-state index is 12.0. The predicted molar refractivity (Wildman–Crippen MR) is 96.6 cm³/mol. The summed E-state index contributed by atoms with van der Waals surface area (Å²) in [6.45, 7) is 1.80. The van der Waals surface area contributed by atoms with Crippen molar-refractivity contribution in [3.05, 3.63) is 72.6 Å². The molecule has 0 aliphatic carbocycles. The van der Waals surface area contributed by atoms with Crippen molar-refractivity contribution in [2.75, 3.05) is 4.90 Å². The van der Waals surface area contributed by atoms with Crippen LogP contribution < -0.4 is 4.90 Å². The highest BCUT2D eigenvalue weighted by Crippen LogP contribution is 2.38. The van der Waals surface area contributed by atoms with Gasteiger partial charge >= 0.3 is 0 Å². The van der Waals surface area contributed by atoms with Crippen LogP contribution in [0.1, 0.15) is 5.76 Å². The highest BCUT2D eigenvalue weighted by molar-refractivity contribution is 6.02. The number of carbonyl (C=O) groups is 1.